The van der Waals surface area contributed by atoms with Gasteiger partial charge in [-0.15, -0.1) is 0 Å². The van der Waals surface area contributed by atoms with Crippen LogP contribution in [0.15, 0.2) is 18.2 Å². The topological polar surface area (TPSA) is 97.0 Å². The summed E-state index contributed by atoms with van der Waals surface area (Å²) in [4.78, 5) is 30.7. The van der Waals surface area contributed by atoms with Crippen molar-refractivity contribution in [2.75, 3.05) is 26.3 Å². The largest absolute Gasteiger partial charge is 0.481 e. The molecule has 2 saturated heterocycles. The summed E-state index contributed by atoms with van der Waals surface area (Å²) in [6.45, 7) is 3.06. The fraction of sp³-hybridized carbons (Fsp3) is 0.500. The van der Waals surface area contributed by atoms with Crippen molar-refractivity contribution in [2.45, 2.75) is 13.3 Å². The first kappa shape index (κ1) is 15.1. The van der Waals surface area contributed by atoms with E-state index in [0.717, 1.165) is 0 Å². The van der Waals surface area contributed by atoms with Crippen LogP contribution in [0.1, 0.15) is 22.7 Å². The normalized spacial score (nSPS) is 26.5. The Labute approximate surface area is 138 Å². The van der Waals surface area contributed by atoms with Crippen LogP contribution in [0.25, 0.3) is 5.65 Å². The molecule has 2 fully saturated rings. The minimum atomic E-state index is -1.000. The molecule has 0 unspecified atom stereocenters. The molecular weight excluding hydrogens is 312 g/mol. The fourth-order valence-electron chi connectivity index (χ4n) is 3.78. The molecule has 0 spiro atoms. The summed E-state index contributed by atoms with van der Waals surface area (Å²) < 4.78 is 6.93. The van der Waals surface area contributed by atoms with E-state index in [2.05, 4.69) is 10.1 Å². The Bertz CT molecular complexity index is 833. The van der Waals surface area contributed by atoms with E-state index in [1.54, 1.807) is 30.0 Å². The predicted molar refractivity (Wildman–Crippen MR) is 82.6 cm³/mol. The van der Waals surface area contributed by atoms with Crippen LogP contribution in [0, 0.1) is 18.3 Å². The lowest BCUT2D eigenvalue weighted by Crippen LogP contribution is -2.46. The first-order valence-electron chi connectivity index (χ1n) is 7.94. The van der Waals surface area contributed by atoms with Gasteiger partial charge in [-0.1, -0.05) is 6.07 Å². The third-order valence-electron chi connectivity index (χ3n) is 5.06. The number of hydrogen-bond acceptors (Lipinski definition) is 5. The lowest BCUT2D eigenvalue weighted by Gasteiger charge is -2.33. The van der Waals surface area contributed by atoms with Gasteiger partial charge in [0.1, 0.15) is 16.9 Å². The van der Waals surface area contributed by atoms with Gasteiger partial charge < -0.3 is 14.7 Å². The molecule has 0 aromatic carbocycles. The molecule has 2 atom stereocenters. The summed E-state index contributed by atoms with van der Waals surface area (Å²) in [6, 6.07) is 5.23. The first-order chi connectivity index (χ1) is 11.5. The van der Waals surface area contributed by atoms with E-state index >= 15 is 0 Å². The highest BCUT2D eigenvalue weighted by Gasteiger charge is 2.55. The molecule has 0 saturated carbocycles. The number of aromatic nitrogens is 3. The Balaban J connectivity index is 1.69. The molecule has 4 heterocycles. The smallest absolute Gasteiger partial charge is 0.314 e. The van der Waals surface area contributed by atoms with Crippen LogP contribution >= 0.6 is 0 Å². The minimum absolute atomic E-state index is 0.0793. The first-order valence-corrected chi connectivity index (χ1v) is 7.94. The van der Waals surface area contributed by atoms with E-state index in [9.17, 15) is 14.7 Å². The van der Waals surface area contributed by atoms with Crippen LogP contribution < -0.4 is 0 Å². The van der Waals surface area contributed by atoms with Gasteiger partial charge >= 0.3 is 5.97 Å². The van der Waals surface area contributed by atoms with Crippen LogP contribution in [-0.4, -0.2) is 62.8 Å². The summed E-state index contributed by atoms with van der Waals surface area (Å²) in [6.07, 6.45) is 0.655. The van der Waals surface area contributed by atoms with E-state index in [4.69, 9.17) is 4.74 Å². The van der Waals surface area contributed by atoms with Crippen molar-refractivity contribution in [1.82, 2.24) is 19.5 Å². The number of pyridine rings is 1. The molecule has 126 valence electrons. The summed E-state index contributed by atoms with van der Waals surface area (Å²) in [5, 5.41) is 14.0. The molecule has 0 bridgehead atoms. The molecule has 8 nitrogen and oxygen atoms in total. The number of carbonyl (C=O) groups excluding carboxylic acids is 1. The number of ether oxygens (including phenoxy) is 1. The summed E-state index contributed by atoms with van der Waals surface area (Å²) >= 11 is 0. The Kier molecular flexibility index (Phi) is 3.31. The van der Waals surface area contributed by atoms with Crippen molar-refractivity contribution in [1.29, 1.82) is 0 Å². The second-order valence-corrected chi connectivity index (χ2v) is 6.53. The number of amides is 1. The monoisotopic (exact) mass is 330 g/mol. The van der Waals surface area contributed by atoms with Crippen LogP contribution in [0.5, 0.6) is 0 Å². The Morgan fingerprint density at radius 1 is 1.42 bits per heavy atom. The average Bonchev–Trinajstić information content (AvgIpc) is 3.13. The summed E-state index contributed by atoms with van der Waals surface area (Å²) in [7, 11) is 0. The van der Waals surface area contributed by atoms with Crippen LogP contribution in [0.2, 0.25) is 0 Å². The van der Waals surface area contributed by atoms with Crippen LogP contribution in [0.4, 0.5) is 0 Å². The quantitative estimate of drug-likeness (QED) is 0.866. The van der Waals surface area contributed by atoms with Gasteiger partial charge in [0.25, 0.3) is 5.91 Å². The van der Waals surface area contributed by atoms with E-state index in [-0.39, 0.29) is 25.0 Å². The molecule has 0 aliphatic carbocycles. The van der Waals surface area contributed by atoms with E-state index in [0.29, 0.717) is 36.7 Å². The predicted octanol–water partition coefficient (Wildman–Crippen LogP) is 0.601. The van der Waals surface area contributed by atoms with Crippen molar-refractivity contribution in [2.24, 2.45) is 11.3 Å². The molecule has 2 aromatic heterocycles. The fourth-order valence-corrected chi connectivity index (χ4v) is 3.78. The highest BCUT2D eigenvalue weighted by atomic mass is 16.5. The minimum Gasteiger partial charge on any atom is -0.481 e. The third-order valence-corrected chi connectivity index (χ3v) is 5.06. The molecule has 2 aliphatic heterocycles. The number of carboxylic acid groups (broad SMARTS) is 1. The van der Waals surface area contributed by atoms with Gasteiger partial charge in [-0.3, -0.25) is 9.59 Å². The number of carboxylic acids is 1. The van der Waals surface area contributed by atoms with Crippen molar-refractivity contribution >= 4 is 17.5 Å². The number of likely N-dealkylation sites (tertiary alicyclic amines) is 1. The lowest BCUT2D eigenvalue weighted by atomic mass is 9.76. The second kappa shape index (κ2) is 5.27. The Hall–Kier alpha value is -2.48. The van der Waals surface area contributed by atoms with Gasteiger partial charge in [0, 0.05) is 19.7 Å². The molecule has 4 rings (SSSR count). The Morgan fingerprint density at radius 3 is 3.00 bits per heavy atom. The average molecular weight is 330 g/mol. The lowest BCUT2D eigenvalue weighted by molar-refractivity contribution is -0.159. The van der Waals surface area contributed by atoms with Crippen molar-refractivity contribution in [3.8, 4) is 0 Å². The summed E-state index contributed by atoms with van der Waals surface area (Å²) in [5.41, 5.74) is -0.000422. The van der Waals surface area contributed by atoms with Gasteiger partial charge in [-0.25, -0.2) is 9.50 Å². The Morgan fingerprint density at radius 2 is 2.25 bits per heavy atom. The van der Waals surface area contributed by atoms with Crippen molar-refractivity contribution in [3.63, 3.8) is 0 Å². The number of hydrogen-bond donors (Lipinski definition) is 1. The number of nitrogens with zero attached hydrogens (tertiary/aromatic N) is 4. The summed E-state index contributed by atoms with van der Waals surface area (Å²) in [5.74, 6) is -0.608. The number of rotatable bonds is 2. The zero-order chi connectivity index (χ0) is 16.9. The number of fused-ring (bicyclic) bond motifs is 2. The molecule has 0 radical (unpaired) electrons. The van der Waals surface area contributed by atoms with Crippen molar-refractivity contribution < 1.29 is 19.4 Å². The van der Waals surface area contributed by atoms with E-state index < -0.39 is 11.4 Å². The van der Waals surface area contributed by atoms with Gasteiger partial charge in [0.05, 0.1) is 6.61 Å². The molecule has 2 aliphatic rings. The molecule has 1 N–H and O–H groups in total. The van der Waals surface area contributed by atoms with Gasteiger partial charge in [-0.2, -0.15) is 5.10 Å². The molecular formula is C16H18N4O4. The number of aryl methyl sites for hydroxylation is 1. The van der Waals surface area contributed by atoms with Crippen LogP contribution in [0.3, 0.4) is 0 Å². The van der Waals surface area contributed by atoms with E-state index in [1.807, 2.05) is 0 Å². The highest BCUT2D eigenvalue weighted by molar-refractivity contribution is 5.94. The number of aliphatic carboxylic acids is 1. The SMILES string of the molecule is Cc1nc2cccc(C(=O)N3C[C@@H]4CCOC[C@]4(C(=O)O)C3)n2n1. The van der Waals surface area contributed by atoms with Crippen LogP contribution in [-0.2, 0) is 9.53 Å². The standard InChI is InChI=1S/C16H18N4O4/c1-10-17-13-4-2-3-12(20(13)18-10)14(21)19-7-11-5-6-24-9-16(11,8-19)15(22)23/h2-4,11H,5-9H2,1H3,(H,22,23)/t11-,16+/m0/s1. The maximum atomic E-state index is 13.0. The van der Waals surface area contributed by atoms with E-state index in [1.165, 1.54) is 4.52 Å². The second-order valence-electron chi connectivity index (χ2n) is 6.53. The number of carbonyl (C=O) groups is 2. The molecule has 1 amide bonds. The van der Waals surface area contributed by atoms with Gasteiger partial charge in [0.2, 0.25) is 0 Å². The third kappa shape index (κ3) is 2.10. The zero-order valence-corrected chi connectivity index (χ0v) is 13.3. The van der Waals surface area contributed by atoms with Gasteiger partial charge in [-0.05, 0) is 31.4 Å². The maximum absolute atomic E-state index is 13.0. The zero-order valence-electron chi connectivity index (χ0n) is 13.3. The molecule has 24 heavy (non-hydrogen) atoms. The van der Waals surface area contributed by atoms with Gasteiger partial charge in [0.15, 0.2) is 5.65 Å². The highest BCUT2D eigenvalue weighted by Crippen LogP contribution is 2.42. The maximum Gasteiger partial charge on any atom is 0.314 e. The molecule has 2 aromatic rings. The molecule has 8 heteroatoms. The van der Waals surface area contributed by atoms with Crippen molar-refractivity contribution in [3.05, 3.63) is 29.7 Å².